The number of hydrogen-bond donors (Lipinski definition) is 0. The van der Waals surface area contributed by atoms with Gasteiger partial charge in [-0.2, -0.15) is 0 Å². The van der Waals surface area contributed by atoms with Crippen LogP contribution in [0.4, 0.5) is 0 Å². The molecule has 1 saturated heterocycles. The Bertz CT molecular complexity index is 1610. The third-order valence-corrected chi connectivity index (χ3v) is 7.20. The van der Waals surface area contributed by atoms with E-state index in [0.29, 0.717) is 0 Å². The molecule has 1 unspecified atom stereocenters. The third-order valence-electron chi connectivity index (χ3n) is 7.20. The zero-order chi connectivity index (χ0) is 31.2. The summed E-state index contributed by atoms with van der Waals surface area (Å²) in [6.45, 7) is 2.54. The maximum atomic E-state index is 13.4. The van der Waals surface area contributed by atoms with Crippen LogP contribution in [0.1, 0.15) is 55.3 Å². The highest BCUT2D eigenvalue weighted by Gasteiger charge is 2.67. The Hall–Kier alpha value is -5.28. The summed E-state index contributed by atoms with van der Waals surface area (Å²) in [4.78, 5) is 53.0. The van der Waals surface area contributed by atoms with Gasteiger partial charge in [-0.3, -0.25) is 0 Å². The number of benzene rings is 4. The van der Waals surface area contributed by atoms with Crippen molar-refractivity contribution in [2.24, 2.45) is 0 Å². The van der Waals surface area contributed by atoms with Gasteiger partial charge < -0.3 is 23.7 Å². The Labute approximate surface area is 254 Å². The van der Waals surface area contributed by atoms with Gasteiger partial charge in [0, 0.05) is 0 Å². The molecule has 44 heavy (non-hydrogen) atoms. The molecule has 0 bridgehead atoms. The van der Waals surface area contributed by atoms with Crippen molar-refractivity contribution >= 4 is 23.9 Å². The quantitative estimate of drug-likeness (QED) is 0.179. The molecule has 1 fully saturated rings. The van der Waals surface area contributed by atoms with E-state index in [4.69, 9.17) is 23.7 Å². The highest BCUT2D eigenvalue weighted by atomic mass is 16.8. The zero-order valence-electron chi connectivity index (χ0n) is 24.1. The first-order chi connectivity index (χ1) is 21.2. The van der Waals surface area contributed by atoms with Crippen LogP contribution in [-0.2, 0) is 23.7 Å². The minimum Gasteiger partial charge on any atom is -0.459 e. The van der Waals surface area contributed by atoms with Crippen molar-refractivity contribution in [3.8, 4) is 0 Å². The molecule has 4 atom stereocenters. The fourth-order valence-corrected chi connectivity index (χ4v) is 4.94. The average molecular weight is 595 g/mol. The predicted octanol–water partition coefficient (Wildman–Crippen LogP) is 5.66. The summed E-state index contributed by atoms with van der Waals surface area (Å²) in [5.41, 5.74) is -2.60. The number of rotatable bonds is 9. The number of hydrogen-bond acceptors (Lipinski definition) is 9. The third kappa shape index (κ3) is 6.53. The van der Waals surface area contributed by atoms with Gasteiger partial charge >= 0.3 is 23.9 Å². The lowest BCUT2D eigenvalue weighted by Gasteiger charge is -2.35. The molecular formula is C35H30O9. The molecule has 0 spiro atoms. The van der Waals surface area contributed by atoms with Crippen molar-refractivity contribution in [3.63, 3.8) is 0 Å². The van der Waals surface area contributed by atoms with Gasteiger partial charge in [-0.15, -0.1) is 0 Å². The van der Waals surface area contributed by atoms with Gasteiger partial charge in [0.1, 0.15) is 12.2 Å². The van der Waals surface area contributed by atoms with Crippen molar-refractivity contribution in [1.29, 1.82) is 0 Å². The van der Waals surface area contributed by atoms with Crippen LogP contribution in [0.3, 0.4) is 0 Å². The standard InChI is InChI=1S/C35H30O9/c1-34(23-40-28(36)24-15-7-3-8-16-24)32(41-29(37)25-17-9-4-10-18-25)35(2,43-31(39)27-21-13-6-14-22-27)33(44-34)42-30(38)26-19-11-5-12-20-26/h3-22,32-33H,23H2,1-2H3/t32-,33?,34-,35-/m1/s1. The fourth-order valence-electron chi connectivity index (χ4n) is 4.94. The van der Waals surface area contributed by atoms with E-state index in [-0.39, 0.29) is 22.3 Å². The number of carbonyl (C=O) groups excluding carboxylic acids is 4. The van der Waals surface area contributed by atoms with Crippen molar-refractivity contribution in [2.75, 3.05) is 6.61 Å². The molecule has 0 N–H and O–H groups in total. The molecule has 9 nitrogen and oxygen atoms in total. The molecule has 0 aromatic heterocycles. The van der Waals surface area contributed by atoms with Crippen molar-refractivity contribution in [1.82, 2.24) is 0 Å². The van der Waals surface area contributed by atoms with E-state index in [1.807, 2.05) is 0 Å². The van der Waals surface area contributed by atoms with E-state index in [2.05, 4.69) is 0 Å². The molecule has 9 heteroatoms. The van der Waals surface area contributed by atoms with Gasteiger partial charge in [0.25, 0.3) is 0 Å². The molecule has 0 saturated carbocycles. The van der Waals surface area contributed by atoms with Gasteiger partial charge in [-0.25, -0.2) is 19.2 Å². The molecule has 4 aromatic rings. The molecule has 224 valence electrons. The van der Waals surface area contributed by atoms with E-state index in [1.165, 1.54) is 13.8 Å². The molecule has 0 amide bonds. The van der Waals surface area contributed by atoms with E-state index in [1.54, 1.807) is 121 Å². The number of carbonyl (C=O) groups is 4. The maximum absolute atomic E-state index is 13.4. The van der Waals surface area contributed by atoms with Crippen molar-refractivity contribution < 1.29 is 42.9 Å². The second-order valence-corrected chi connectivity index (χ2v) is 10.6. The Balaban J connectivity index is 1.52. The molecule has 1 aliphatic heterocycles. The largest absolute Gasteiger partial charge is 0.459 e. The molecule has 0 aliphatic carbocycles. The van der Waals surface area contributed by atoms with Gasteiger partial charge in [0.05, 0.1) is 22.3 Å². The summed E-state index contributed by atoms with van der Waals surface area (Å²) in [5, 5.41) is 0. The lowest BCUT2D eigenvalue weighted by atomic mass is 9.88. The predicted molar refractivity (Wildman–Crippen MR) is 158 cm³/mol. The summed E-state index contributed by atoms with van der Waals surface area (Å²) in [7, 11) is 0. The maximum Gasteiger partial charge on any atom is 0.340 e. The first-order valence-corrected chi connectivity index (χ1v) is 13.9. The fraction of sp³-hybridized carbons (Fsp3) is 0.200. The second kappa shape index (κ2) is 12.9. The molecule has 1 aliphatic rings. The molecule has 1 heterocycles. The highest BCUT2D eigenvalue weighted by Crippen LogP contribution is 2.45. The number of esters is 4. The minimum atomic E-state index is -1.89. The second-order valence-electron chi connectivity index (χ2n) is 10.6. The van der Waals surface area contributed by atoms with Crippen LogP contribution in [0.5, 0.6) is 0 Å². The van der Waals surface area contributed by atoms with Crippen LogP contribution >= 0.6 is 0 Å². The Morgan fingerprint density at radius 2 is 0.955 bits per heavy atom. The molecule has 4 aromatic carbocycles. The van der Waals surface area contributed by atoms with Crippen molar-refractivity contribution in [2.45, 2.75) is 37.4 Å². The van der Waals surface area contributed by atoms with Crippen LogP contribution in [0.15, 0.2) is 121 Å². The van der Waals surface area contributed by atoms with E-state index in [9.17, 15) is 19.2 Å². The van der Waals surface area contributed by atoms with Gasteiger partial charge in [-0.1, -0.05) is 72.8 Å². The summed E-state index contributed by atoms with van der Waals surface area (Å²) in [6, 6.07) is 32.9. The Kier molecular flexibility index (Phi) is 8.87. The topological polar surface area (TPSA) is 114 Å². The van der Waals surface area contributed by atoms with Crippen molar-refractivity contribution in [3.05, 3.63) is 144 Å². The van der Waals surface area contributed by atoms with E-state index in [0.717, 1.165) is 0 Å². The van der Waals surface area contributed by atoms with Gasteiger partial charge in [-0.05, 0) is 62.4 Å². The van der Waals surface area contributed by atoms with E-state index < -0.39 is 54.1 Å². The van der Waals surface area contributed by atoms with Gasteiger partial charge in [0.2, 0.25) is 11.9 Å². The number of ether oxygens (including phenoxy) is 5. The normalized spacial score (nSPS) is 22.4. The van der Waals surface area contributed by atoms with Crippen LogP contribution in [0.25, 0.3) is 0 Å². The van der Waals surface area contributed by atoms with Crippen LogP contribution in [0, 0.1) is 0 Å². The summed E-state index contributed by atoms with van der Waals surface area (Å²) in [6.07, 6.45) is -2.98. The Morgan fingerprint density at radius 1 is 0.568 bits per heavy atom. The van der Waals surface area contributed by atoms with Crippen LogP contribution in [-0.4, -0.2) is 54.1 Å². The smallest absolute Gasteiger partial charge is 0.340 e. The molecular weight excluding hydrogens is 564 g/mol. The minimum absolute atomic E-state index is 0.208. The van der Waals surface area contributed by atoms with Gasteiger partial charge in [0.15, 0.2) is 6.10 Å². The SMILES string of the molecule is C[C@]1(COC(=O)c2ccccc2)OC(OC(=O)c2ccccc2)[C@](C)(OC(=O)c2ccccc2)[C@@H]1OC(=O)c1ccccc1. The summed E-state index contributed by atoms with van der Waals surface area (Å²) in [5.74, 6) is -2.95. The van der Waals surface area contributed by atoms with Crippen LogP contribution in [0.2, 0.25) is 0 Å². The lowest BCUT2D eigenvalue weighted by Crippen LogP contribution is -2.56. The zero-order valence-corrected chi connectivity index (χ0v) is 24.1. The summed E-state index contributed by atoms with van der Waals surface area (Å²) >= 11 is 0. The first kappa shape index (κ1) is 30.2. The molecule has 5 rings (SSSR count). The average Bonchev–Trinajstić information content (AvgIpc) is 3.26. The summed E-state index contributed by atoms with van der Waals surface area (Å²) < 4.78 is 29.7. The van der Waals surface area contributed by atoms with Crippen LogP contribution < -0.4 is 0 Å². The first-order valence-electron chi connectivity index (χ1n) is 13.9. The Morgan fingerprint density at radius 3 is 1.41 bits per heavy atom. The van der Waals surface area contributed by atoms with E-state index >= 15 is 0 Å². The highest BCUT2D eigenvalue weighted by molar-refractivity contribution is 5.92. The lowest BCUT2D eigenvalue weighted by molar-refractivity contribution is -0.188. The monoisotopic (exact) mass is 594 g/mol. The molecule has 0 radical (unpaired) electrons.